The van der Waals surface area contributed by atoms with Gasteiger partial charge in [0.15, 0.2) is 9.84 Å². The molecule has 0 radical (unpaired) electrons. The van der Waals surface area contributed by atoms with E-state index in [-0.39, 0.29) is 42.6 Å². The Hall–Kier alpha value is -2.58. The van der Waals surface area contributed by atoms with E-state index >= 15 is 0 Å². The van der Waals surface area contributed by atoms with Gasteiger partial charge in [-0.05, 0) is 31.0 Å². The molecule has 1 aromatic carbocycles. The molecule has 174 valence electrons. The number of carbonyl (C=O) groups is 1. The SMILES string of the molecule is C=C(/C=C\C=C/C)[C@H]1C[C@@H](Oc2cccc(CN)c2)CN(C(=O)N2CCS(=O)(=O)CC2)C1. The van der Waals surface area contributed by atoms with Gasteiger partial charge in [-0.25, -0.2) is 13.2 Å². The number of carbonyl (C=O) groups excluding carboxylic acids is 1. The number of ether oxygens (including phenoxy) is 1. The summed E-state index contributed by atoms with van der Waals surface area (Å²) in [6, 6.07) is 7.54. The van der Waals surface area contributed by atoms with Gasteiger partial charge in [-0.2, -0.15) is 0 Å². The van der Waals surface area contributed by atoms with Crippen molar-refractivity contribution in [3.05, 3.63) is 66.3 Å². The Balaban J connectivity index is 1.76. The lowest BCUT2D eigenvalue weighted by Gasteiger charge is -2.41. The molecule has 2 amide bonds. The van der Waals surface area contributed by atoms with Crippen molar-refractivity contribution in [2.24, 2.45) is 11.7 Å². The molecule has 0 spiro atoms. The average Bonchev–Trinajstić information content (AvgIpc) is 2.78. The lowest BCUT2D eigenvalue weighted by atomic mass is 9.89. The molecule has 32 heavy (non-hydrogen) atoms. The lowest BCUT2D eigenvalue weighted by Crippen LogP contribution is -2.55. The Morgan fingerprint density at radius 3 is 2.66 bits per heavy atom. The van der Waals surface area contributed by atoms with E-state index in [1.807, 2.05) is 55.5 Å². The number of piperidine rings is 1. The van der Waals surface area contributed by atoms with Crippen LogP contribution in [0.4, 0.5) is 4.79 Å². The van der Waals surface area contributed by atoms with Crippen LogP contribution in [-0.2, 0) is 16.4 Å². The highest BCUT2D eigenvalue weighted by molar-refractivity contribution is 7.91. The van der Waals surface area contributed by atoms with E-state index in [0.717, 1.165) is 23.3 Å². The minimum atomic E-state index is -3.05. The first-order chi connectivity index (χ1) is 15.3. The second kappa shape index (κ2) is 10.8. The monoisotopic (exact) mass is 459 g/mol. The van der Waals surface area contributed by atoms with Crippen molar-refractivity contribution in [2.45, 2.75) is 26.0 Å². The summed E-state index contributed by atoms with van der Waals surface area (Å²) >= 11 is 0. The summed E-state index contributed by atoms with van der Waals surface area (Å²) in [6.07, 6.45) is 8.34. The average molecular weight is 460 g/mol. The Morgan fingerprint density at radius 1 is 1.22 bits per heavy atom. The van der Waals surface area contributed by atoms with Crippen molar-refractivity contribution in [1.29, 1.82) is 0 Å². The highest BCUT2D eigenvalue weighted by atomic mass is 32.2. The minimum absolute atomic E-state index is 0.0145. The first-order valence-electron chi connectivity index (χ1n) is 11.0. The van der Waals surface area contributed by atoms with Gasteiger partial charge in [0.25, 0.3) is 0 Å². The summed E-state index contributed by atoms with van der Waals surface area (Å²) in [5, 5.41) is 0. The van der Waals surface area contributed by atoms with Crippen molar-refractivity contribution in [2.75, 3.05) is 37.7 Å². The van der Waals surface area contributed by atoms with Crippen LogP contribution in [0.5, 0.6) is 5.75 Å². The van der Waals surface area contributed by atoms with Crippen LogP contribution in [0, 0.1) is 5.92 Å². The number of hydrogen-bond acceptors (Lipinski definition) is 5. The number of nitrogens with two attached hydrogens (primary N) is 1. The Bertz CT molecular complexity index is 973. The maximum Gasteiger partial charge on any atom is 0.320 e. The van der Waals surface area contributed by atoms with Crippen molar-refractivity contribution in [3.8, 4) is 5.75 Å². The first-order valence-corrected chi connectivity index (χ1v) is 12.8. The smallest absolute Gasteiger partial charge is 0.320 e. The molecule has 0 unspecified atom stereocenters. The molecule has 2 atom stereocenters. The predicted octanol–water partition coefficient (Wildman–Crippen LogP) is 2.75. The Labute approximate surface area is 191 Å². The normalized spacial score (nSPS) is 23.6. The molecule has 1 aromatic rings. The van der Waals surface area contributed by atoms with Crippen LogP contribution in [0.2, 0.25) is 0 Å². The van der Waals surface area contributed by atoms with Crippen LogP contribution in [0.3, 0.4) is 0 Å². The van der Waals surface area contributed by atoms with Crippen LogP contribution in [0.25, 0.3) is 0 Å². The van der Waals surface area contributed by atoms with Gasteiger partial charge < -0.3 is 20.3 Å². The van der Waals surface area contributed by atoms with Crippen molar-refractivity contribution in [1.82, 2.24) is 9.80 Å². The molecule has 2 fully saturated rings. The van der Waals surface area contributed by atoms with Gasteiger partial charge in [-0.1, -0.05) is 48.6 Å². The predicted molar refractivity (Wildman–Crippen MR) is 127 cm³/mol. The number of urea groups is 1. The fraction of sp³-hybridized carbons (Fsp3) is 0.458. The molecule has 2 N–H and O–H groups in total. The molecule has 2 aliphatic heterocycles. The van der Waals surface area contributed by atoms with Gasteiger partial charge >= 0.3 is 6.03 Å². The van der Waals surface area contributed by atoms with E-state index < -0.39 is 9.84 Å². The van der Waals surface area contributed by atoms with E-state index in [0.29, 0.717) is 19.6 Å². The number of amides is 2. The van der Waals surface area contributed by atoms with Gasteiger partial charge in [-0.15, -0.1) is 0 Å². The molecule has 0 bridgehead atoms. The zero-order valence-corrected chi connectivity index (χ0v) is 19.5. The molecule has 3 rings (SSSR count). The summed E-state index contributed by atoms with van der Waals surface area (Å²) < 4.78 is 29.8. The first kappa shape index (κ1) is 24.1. The Kier molecular flexibility index (Phi) is 8.15. The van der Waals surface area contributed by atoms with Gasteiger partial charge in [0.1, 0.15) is 11.9 Å². The van der Waals surface area contributed by atoms with Crippen molar-refractivity contribution >= 4 is 15.9 Å². The maximum absolute atomic E-state index is 13.2. The standard InChI is InChI=1S/C24H33N3O4S/c1-3-4-5-7-19(2)21-15-23(31-22-9-6-8-20(14-22)16-25)18-27(17-21)24(28)26-10-12-32(29,30)13-11-26/h3-9,14,21,23H,2,10-13,15-18,25H2,1H3/b4-3-,7-5-/t21-,23+/m0/s1. The molecule has 7 nitrogen and oxygen atoms in total. The maximum atomic E-state index is 13.2. The number of benzene rings is 1. The molecule has 2 saturated heterocycles. The molecular formula is C24H33N3O4S. The van der Waals surface area contributed by atoms with E-state index in [1.54, 1.807) is 9.80 Å². The largest absolute Gasteiger partial charge is 0.489 e. The number of allylic oxidation sites excluding steroid dienone is 4. The summed E-state index contributed by atoms with van der Waals surface area (Å²) in [7, 11) is -3.05. The number of hydrogen-bond donors (Lipinski definition) is 1. The quantitative estimate of drug-likeness (QED) is 0.661. The molecular weight excluding hydrogens is 426 g/mol. The topological polar surface area (TPSA) is 92.9 Å². The van der Waals surface area contributed by atoms with Crippen LogP contribution < -0.4 is 10.5 Å². The van der Waals surface area contributed by atoms with E-state index in [2.05, 4.69) is 6.58 Å². The molecule has 0 aromatic heterocycles. The second-order valence-electron chi connectivity index (χ2n) is 8.31. The lowest BCUT2D eigenvalue weighted by molar-refractivity contribution is 0.0686. The zero-order valence-electron chi connectivity index (χ0n) is 18.7. The van der Waals surface area contributed by atoms with Crippen LogP contribution >= 0.6 is 0 Å². The molecule has 0 saturated carbocycles. The summed E-state index contributed by atoms with van der Waals surface area (Å²) in [6.45, 7) is 8.04. The number of nitrogens with zero attached hydrogens (tertiary/aromatic N) is 2. The van der Waals surface area contributed by atoms with E-state index in [4.69, 9.17) is 10.5 Å². The van der Waals surface area contributed by atoms with Crippen LogP contribution in [0.1, 0.15) is 18.9 Å². The third kappa shape index (κ3) is 6.46. The fourth-order valence-corrected chi connectivity index (χ4v) is 5.23. The summed E-state index contributed by atoms with van der Waals surface area (Å²) in [5.74, 6) is 0.803. The molecule has 8 heteroatoms. The van der Waals surface area contributed by atoms with Gasteiger partial charge in [0.05, 0.1) is 18.1 Å². The Morgan fingerprint density at radius 2 is 1.97 bits per heavy atom. The highest BCUT2D eigenvalue weighted by Crippen LogP contribution is 2.28. The number of rotatable bonds is 6. The van der Waals surface area contributed by atoms with Crippen LogP contribution in [0.15, 0.2) is 60.7 Å². The third-order valence-electron chi connectivity index (χ3n) is 5.87. The number of likely N-dealkylation sites (tertiary alicyclic amines) is 1. The van der Waals surface area contributed by atoms with Gasteiger partial charge in [-0.3, -0.25) is 0 Å². The zero-order chi connectivity index (χ0) is 23.1. The fourth-order valence-electron chi connectivity index (χ4n) is 4.03. The number of sulfone groups is 1. The third-order valence-corrected chi connectivity index (χ3v) is 7.48. The van der Waals surface area contributed by atoms with E-state index in [9.17, 15) is 13.2 Å². The minimum Gasteiger partial charge on any atom is -0.489 e. The second-order valence-corrected chi connectivity index (χ2v) is 10.6. The van der Waals surface area contributed by atoms with E-state index in [1.165, 1.54) is 0 Å². The molecule has 2 aliphatic rings. The highest BCUT2D eigenvalue weighted by Gasteiger charge is 2.35. The van der Waals surface area contributed by atoms with Crippen molar-refractivity contribution in [3.63, 3.8) is 0 Å². The van der Waals surface area contributed by atoms with Gasteiger partial charge in [0, 0.05) is 32.1 Å². The van der Waals surface area contributed by atoms with Crippen LogP contribution in [-0.4, -0.2) is 68.0 Å². The summed E-state index contributed by atoms with van der Waals surface area (Å²) in [5.41, 5.74) is 7.67. The van der Waals surface area contributed by atoms with Crippen molar-refractivity contribution < 1.29 is 17.9 Å². The molecule has 0 aliphatic carbocycles. The summed E-state index contributed by atoms with van der Waals surface area (Å²) in [4.78, 5) is 16.6. The molecule has 2 heterocycles. The van der Waals surface area contributed by atoms with Gasteiger partial charge in [0.2, 0.25) is 0 Å².